The van der Waals surface area contributed by atoms with Crippen molar-refractivity contribution in [3.8, 4) is 0 Å². The van der Waals surface area contributed by atoms with E-state index in [1.165, 1.54) is 11.8 Å². The third kappa shape index (κ3) is 3.19. The van der Waals surface area contributed by atoms with E-state index in [4.69, 9.17) is 0 Å². The van der Waals surface area contributed by atoms with E-state index >= 15 is 0 Å². The highest BCUT2D eigenvalue weighted by Gasteiger charge is 2.31. The lowest BCUT2D eigenvalue weighted by Crippen LogP contribution is -2.52. The normalized spacial score (nSPS) is 22.8. The molecule has 23 heavy (non-hydrogen) atoms. The average Bonchev–Trinajstić information content (AvgIpc) is 2.55. The van der Waals surface area contributed by atoms with E-state index in [0.717, 1.165) is 23.9 Å². The minimum atomic E-state index is -0.219. The van der Waals surface area contributed by atoms with E-state index in [1.807, 2.05) is 25.1 Å². The summed E-state index contributed by atoms with van der Waals surface area (Å²) in [4.78, 5) is 15.0. The van der Waals surface area contributed by atoms with Crippen molar-refractivity contribution in [1.82, 2.24) is 4.90 Å². The monoisotopic (exact) mass is 310 g/mol. The van der Waals surface area contributed by atoms with Crippen molar-refractivity contribution in [1.29, 1.82) is 0 Å². The fraction of sp³-hybridized carbons (Fsp3) is 0.450. The highest BCUT2D eigenvalue weighted by molar-refractivity contribution is 5.95. The maximum absolute atomic E-state index is 12.9. The maximum Gasteiger partial charge on any atom is 0.245 e. The van der Waals surface area contributed by atoms with Crippen molar-refractivity contribution < 1.29 is 4.79 Å². The number of piperidine rings is 1. The number of benzene rings is 2. The largest absolute Gasteiger partial charge is 0.373 e. The summed E-state index contributed by atoms with van der Waals surface area (Å²) in [6.45, 7) is 6.30. The summed E-state index contributed by atoms with van der Waals surface area (Å²) in [5, 5.41) is 5.78. The number of fused-ring (bicyclic) bond motifs is 1. The molecule has 0 aliphatic carbocycles. The molecule has 0 aromatic heterocycles. The van der Waals surface area contributed by atoms with E-state index in [9.17, 15) is 4.79 Å². The fourth-order valence-corrected chi connectivity index (χ4v) is 3.73. The van der Waals surface area contributed by atoms with E-state index in [-0.39, 0.29) is 11.9 Å². The Kier molecular flexibility index (Phi) is 4.56. The molecule has 0 radical (unpaired) electrons. The Morgan fingerprint density at radius 1 is 1.09 bits per heavy atom. The molecule has 2 aromatic carbocycles. The zero-order valence-electron chi connectivity index (χ0n) is 14.3. The van der Waals surface area contributed by atoms with Crippen LogP contribution in [-0.4, -0.2) is 28.9 Å². The molecular formula is C20H26N2O. The third-order valence-electron chi connectivity index (χ3n) is 4.98. The van der Waals surface area contributed by atoms with Crippen LogP contribution in [0.5, 0.6) is 0 Å². The highest BCUT2D eigenvalue weighted by Crippen LogP contribution is 2.26. The Labute approximate surface area is 138 Å². The van der Waals surface area contributed by atoms with Gasteiger partial charge in [-0.15, -0.1) is 0 Å². The molecule has 1 aliphatic heterocycles. The van der Waals surface area contributed by atoms with Crippen LogP contribution in [0.1, 0.15) is 40.0 Å². The van der Waals surface area contributed by atoms with Gasteiger partial charge >= 0.3 is 0 Å². The SMILES string of the molecule is C[C@@H](Nc1cccc2ccccc12)C(=O)N1[C@@H](C)CCC[C@@H]1C. The van der Waals surface area contributed by atoms with Gasteiger partial charge in [0.25, 0.3) is 0 Å². The van der Waals surface area contributed by atoms with Crippen LogP contribution < -0.4 is 5.32 Å². The number of hydrogen-bond acceptors (Lipinski definition) is 2. The number of hydrogen-bond donors (Lipinski definition) is 1. The number of amides is 1. The molecule has 1 N–H and O–H groups in total. The zero-order chi connectivity index (χ0) is 16.4. The lowest BCUT2D eigenvalue weighted by Gasteiger charge is -2.40. The first-order valence-electron chi connectivity index (χ1n) is 8.64. The van der Waals surface area contributed by atoms with Gasteiger partial charge in [0, 0.05) is 23.2 Å². The molecule has 1 fully saturated rings. The predicted octanol–water partition coefficient (Wildman–Crippen LogP) is 4.43. The second kappa shape index (κ2) is 6.61. The first-order chi connectivity index (χ1) is 11.1. The van der Waals surface area contributed by atoms with Gasteiger partial charge in [0.1, 0.15) is 6.04 Å². The zero-order valence-corrected chi connectivity index (χ0v) is 14.3. The molecule has 3 atom stereocenters. The van der Waals surface area contributed by atoms with Crippen LogP contribution in [0.25, 0.3) is 10.8 Å². The van der Waals surface area contributed by atoms with Gasteiger partial charge in [0.05, 0.1) is 0 Å². The Morgan fingerprint density at radius 2 is 1.74 bits per heavy atom. The maximum atomic E-state index is 12.9. The van der Waals surface area contributed by atoms with E-state index in [2.05, 4.69) is 48.3 Å². The summed E-state index contributed by atoms with van der Waals surface area (Å²) in [6, 6.07) is 14.9. The average molecular weight is 310 g/mol. The number of nitrogens with one attached hydrogen (secondary N) is 1. The van der Waals surface area contributed by atoms with Gasteiger partial charge in [0.15, 0.2) is 0 Å². The molecule has 122 valence electrons. The van der Waals surface area contributed by atoms with Gasteiger partial charge in [-0.1, -0.05) is 36.4 Å². The molecule has 3 heteroatoms. The fourth-order valence-electron chi connectivity index (χ4n) is 3.73. The quantitative estimate of drug-likeness (QED) is 0.909. The Hall–Kier alpha value is -2.03. The second-order valence-corrected chi connectivity index (χ2v) is 6.77. The number of carbonyl (C=O) groups excluding carboxylic acids is 1. The molecular weight excluding hydrogens is 284 g/mol. The van der Waals surface area contributed by atoms with Crippen LogP contribution in [0.15, 0.2) is 42.5 Å². The minimum absolute atomic E-state index is 0.206. The van der Waals surface area contributed by atoms with Crippen molar-refractivity contribution >= 4 is 22.4 Å². The number of nitrogens with zero attached hydrogens (tertiary/aromatic N) is 1. The molecule has 1 amide bonds. The van der Waals surface area contributed by atoms with Crippen LogP contribution in [0, 0.1) is 0 Å². The Morgan fingerprint density at radius 3 is 2.48 bits per heavy atom. The van der Waals surface area contributed by atoms with Gasteiger partial charge < -0.3 is 10.2 Å². The molecule has 1 aliphatic rings. The number of anilines is 1. The summed E-state index contributed by atoms with van der Waals surface area (Å²) in [5.74, 6) is 0.206. The molecule has 0 unspecified atom stereocenters. The molecule has 1 saturated heterocycles. The molecule has 0 bridgehead atoms. The van der Waals surface area contributed by atoms with Gasteiger partial charge in [-0.25, -0.2) is 0 Å². The van der Waals surface area contributed by atoms with Crippen LogP contribution in [-0.2, 0) is 4.79 Å². The van der Waals surface area contributed by atoms with Gasteiger partial charge in [0.2, 0.25) is 5.91 Å². The third-order valence-corrected chi connectivity index (χ3v) is 4.98. The van der Waals surface area contributed by atoms with Crippen molar-refractivity contribution in [2.24, 2.45) is 0 Å². The van der Waals surface area contributed by atoms with Crippen LogP contribution in [0.2, 0.25) is 0 Å². The van der Waals surface area contributed by atoms with Gasteiger partial charge in [-0.3, -0.25) is 4.79 Å². The summed E-state index contributed by atoms with van der Waals surface area (Å²) in [5.41, 5.74) is 1.03. The van der Waals surface area contributed by atoms with Crippen molar-refractivity contribution in [2.45, 2.75) is 58.2 Å². The minimum Gasteiger partial charge on any atom is -0.373 e. The topological polar surface area (TPSA) is 32.3 Å². The van der Waals surface area contributed by atoms with Crippen molar-refractivity contribution in [3.05, 3.63) is 42.5 Å². The molecule has 3 rings (SSSR count). The number of likely N-dealkylation sites (tertiary alicyclic amines) is 1. The molecule has 0 spiro atoms. The lowest BCUT2D eigenvalue weighted by atomic mass is 9.96. The predicted molar refractivity (Wildman–Crippen MR) is 96.7 cm³/mol. The van der Waals surface area contributed by atoms with Crippen LogP contribution in [0.3, 0.4) is 0 Å². The summed E-state index contributed by atoms with van der Waals surface area (Å²) in [7, 11) is 0. The Bertz CT molecular complexity index is 682. The number of rotatable bonds is 3. The van der Waals surface area contributed by atoms with Crippen LogP contribution >= 0.6 is 0 Å². The van der Waals surface area contributed by atoms with Gasteiger partial charge in [-0.2, -0.15) is 0 Å². The van der Waals surface area contributed by atoms with Crippen molar-refractivity contribution in [2.75, 3.05) is 5.32 Å². The molecule has 1 heterocycles. The van der Waals surface area contributed by atoms with E-state index in [1.54, 1.807) is 0 Å². The summed E-state index contributed by atoms with van der Waals surface area (Å²) >= 11 is 0. The summed E-state index contributed by atoms with van der Waals surface area (Å²) in [6.07, 6.45) is 3.44. The summed E-state index contributed by atoms with van der Waals surface area (Å²) < 4.78 is 0. The van der Waals surface area contributed by atoms with E-state index < -0.39 is 0 Å². The Balaban J connectivity index is 1.80. The molecule has 2 aromatic rings. The van der Waals surface area contributed by atoms with Gasteiger partial charge in [-0.05, 0) is 51.5 Å². The first-order valence-corrected chi connectivity index (χ1v) is 8.64. The lowest BCUT2D eigenvalue weighted by molar-refractivity contribution is -0.137. The number of carbonyl (C=O) groups is 1. The molecule has 3 nitrogen and oxygen atoms in total. The molecule has 0 saturated carbocycles. The highest BCUT2D eigenvalue weighted by atomic mass is 16.2. The first kappa shape index (κ1) is 15.9. The van der Waals surface area contributed by atoms with Crippen molar-refractivity contribution in [3.63, 3.8) is 0 Å². The van der Waals surface area contributed by atoms with E-state index in [0.29, 0.717) is 12.1 Å². The smallest absolute Gasteiger partial charge is 0.245 e. The van der Waals surface area contributed by atoms with Crippen LogP contribution in [0.4, 0.5) is 5.69 Å². The second-order valence-electron chi connectivity index (χ2n) is 6.77. The standard InChI is InChI=1S/C20H26N2O/c1-14-8-6-9-15(2)22(14)20(23)16(3)21-19-13-7-11-17-10-4-5-12-18(17)19/h4-5,7,10-16,21H,6,8-9H2,1-3H3/t14-,15-,16+/m0/s1.